The van der Waals surface area contributed by atoms with Crippen molar-refractivity contribution in [1.29, 1.82) is 0 Å². The summed E-state index contributed by atoms with van der Waals surface area (Å²) in [6.45, 7) is 2.17. The highest BCUT2D eigenvalue weighted by Crippen LogP contribution is 2.33. The second-order valence-corrected chi connectivity index (χ2v) is 10.6. The minimum Gasteiger partial charge on any atom is -0.324 e. The van der Waals surface area contributed by atoms with Gasteiger partial charge in [0.15, 0.2) is 0 Å². The first kappa shape index (κ1) is 22.8. The molecule has 2 N–H and O–H groups in total. The fraction of sp³-hybridized carbons (Fsp3) is 0.259. The van der Waals surface area contributed by atoms with Crippen LogP contribution in [0.1, 0.15) is 22.4 Å². The highest BCUT2D eigenvalue weighted by Gasteiger charge is 2.29. The molecule has 6 rings (SSSR count). The number of fused-ring (bicyclic) bond motifs is 2. The third-order valence-corrected chi connectivity index (χ3v) is 8.02. The molecule has 2 unspecified atom stereocenters. The molecule has 1 fully saturated rings. The zero-order valence-corrected chi connectivity index (χ0v) is 20.7. The van der Waals surface area contributed by atoms with Gasteiger partial charge in [0.1, 0.15) is 11.7 Å². The van der Waals surface area contributed by atoms with Gasteiger partial charge in [0.25, 0.3) is 5.56 Å². The minimum atomic E-state index is -0.691. The number of hydrogen-bond acceptors (Lipinski definition) is 7. The average Bonchev–Trinajstić information content (AvgIpc) is 2.89. The van der Waals surface area contributed by atoms with Crippen LogP contribution in [0.15, 0.2) is 71.7 Å². The van der Waals surface area contributed by atoms with E-state index < -0.39 is 6.04 Å². The number of anilines is 3. The van der Waals surface area contributed by atoms with Crippen molar-refractivity contribution in [3.05, 3.63) is 88.3 Å². The summed E-state index contributed by atoms with van der Waals surface area (Å²) in [7, 11) is 2.16. The monoisotopic (exact) mass is 498 g/mol. The average molecular weight is 499 g/mol. The molecule has 0 spiro atoms. The lowest BCUT2D eigenvalue weighted by atomic mass is 9.98. The number of pyridine rings is 1. The van der Waals surface area contributed by atoms with E-state index in [1.807, 2.05) is 48.2 Å². The fourth-order valence-electron chi connectivity index (χ4n) is 4.84. The third kappa shape index (κ3) is 4.36. The Hall–Kier alpha value is -3.69. The fourth-order valence-corrected chi connectivity index (χ4v) is 6.25. The Morgan fingerprint density at radius 2 is 1.89 bits per heavy atom. The Balaban J connectivity index is 1.30. The molecule has 0 radical (unpaired) electrons. The number of para-hydroxylation sites is 1. The van der Waals surface area contributed by atoms with E-state index in [0.717, 1.165) is 35.8 Å². The Morgan fingerprint density at radius 3 is 2.72 bits per heavy atom. The molecule has 2 aromatic carbocycles. The maximum Gasteiger partial charge on any atom is 0.252 e. The van der Waals surface area contributed by atoms with Gasteiger partial charge < -0.3 is 15.5 Å². The van der Waals surface area contributed by atoms with Gasteiger partial charge in [0, 0.05) is 59.5 Å². The van der Waals surface area contributed by atoms with Crippen LogP contribution in [0.4, 0.5) is 17.3 Å². The summed E-state index contributed by atoms with van der Waals surface area (Å²) in [6, 6.07) is 18.5. The van der Waals surface area contributed by atoms with E-state index in [-0.39, 0.29) is 11.5 Å². The standard InChI is InChI=1S/C27H26N6O2S/c1-32-12-13-36-23(16-32)17-6-9-20(10-7-17)29-27-28-15-19-8-11-24(34)33(25(19)31-27)22-14-18-4-2-3-5-21(18)30-26(22)35/h2-11,15,22-23H,12-14,16H2,1H3,(H,30,35)(H,28,29,31). The number of amides is 1. The molecule has 0 saturated carbocycles. The smallest absolute Gasteiger partial charge is 0.252 e. The molecule has 2 aliphatic heterocycles. The van der Waals surface area contributed by atoms with Crippen LogP contribution < -0.4 is 16.2 Å². The van der Waals surface area contributed by atoms with Crippen LogP contribution in [-0.2, 0) is 11.2 Å². The number of likely N-dealkylation sites (N-methyl/N-ethyl adjacent to an activating group) is 1. The predicted octanol–water partition coefficient (Wildman–Crippen LogP) is 3.99. The molecular weight excluding hydrogens is 472 g/mol. The molecule has 4 aromatic rings. The summed E-state index contributed by atoms with van der Waals surface area (Å²) >= 11 is 1.99. The van der Waals surface area contributed by atoms with Crippen molar-refractivity contribution >= 4 is 46.0 Å². The molecule has 2 aliphatic rings. The normalized spacial score (nSPS) is 20.1. The van der Waals surface area contributed by atoms with Gasteiger partial charge in [-0.25, -0.2) is 4.98 Å². The summed E-state index contributed by atoms with van der Waals surface area (Å²) < 4.78 is 1.48. The molecule has 2 aromatic heterocycles. The van der Waals surface area contributed by atoms with Crippen LogP contribution in [-0.4, -0.2) is 51.2 Å². The number of nitrogens with one attached hydrogen (secondary N) is 2. The first-order valence-corrected chi connectivity index (χ1v) is 13.0. The van der Waals surface area contributed by atoms with E-state index >= 15 is 0 Å². The number of hydrogen-bond donors (Lipinski definition) is 2. The summed E-state index contributed by atoms with van der Waals surface area (Å²) in [6.07, 6.45) is 2.10. The molecule has 36 heavy (non-hydrogen) atoms. The van der Waals surface area contributed by atoms with E-state index in [4.69, 9.17) is 0 Å². The Kier molecular flexibility index (Phi) is 5.94. The Bertz CT molecular complexity index is 1500. The Labute approximate surface area is 212 Å². The van der Waals surface area contributed by atoms with E-state index in [1.165, 1.54) is 16.2 Å². The molecule has 0 bridgehead atoms. The molecular formula is C27H26N6O2S. The van der Waals surface area contributed by atoms with Crippen LogP contribution in [0, 0.1) is 0 Å². The van der Waals surface area contributed by atoms with Crippen molar-refractivity contribution < 1.29 is 4.79 Å². The van der Waals surface area contributed by atoms with Crippen LogP contribution >= 0.6 is 11.8 Å². The van der Waals surface area contributed by atoms with E-state index in [2.05, 4.69) is 44.7 Å². The summed E-state index contributed by atoms with van der Waals surface area (Å²) in [4.78, 5) is 37.4. The maximum absolute atomic E-state index is 13.0. The number of carbonyl (C=O) groups excluding carboxylic acids is 1. The van der Waals surface area contributed by atoms with Crippen LogP contribution in [0.5, 0.6) is 0 Å². The topological polar surface area (TPSA) is 92.2 Å². The van der Waals surface area contributed by atoms with Gasteiger partial charge in [0.05, 0.1) is 0 Å². The van der Waals surface area contributed by atoms with Crippen molar-refractivity contribution in [2.24, 2.45) is 0 Å². The number of aromatic nitrogens is 3. The van der Waals surface area contributed by atoms with Crippen molar-refractivity contribution in [1.82, 2.24) is 19.4 Å². The number of benzene rings is 2. The molecule has 182 valence electrons. The molecule has 8 nitrogen and oxygen atoms in total. The van der Waals surface area contributed by atoms with E-state index in [1.54, 1.807) is 12.3 Å². The molecule has 9 heteroatoms. The summed E-state index contributed by atoms with van der Waals surface area (Å²) in [5, 5.41) is 7.35. The van der Waals surface area contributed by atoms with Gasteiger partial charge in [-0.2, -0.15) is 16.7 Å². The van der Waals surface area contributed by atoms with Crippen LogP contribution in [0.25, 0.3) is 11.0 Å². The number of carbonyl (C=O) groups is 1. The molecule has 0 aliphatic carbocycles. The zero-order chi connectivity index (χ0) is 24.6. The second-order valence-electron chi connectivity index (χ2n) is 9.25. The lowest BCUT2D eigenvalue weighted by Gasteiger charge is -2.29. The Morgan fingerprint density at radius 1 is 1.06 bits per heavy atom. The van der Waals surface area contributed by atoms with Crippen molar-refractivity contribution in [3.63, 3.8) is 0 Å². The van der Waals surface area contributed by atoms with Gasteiger partial charge in [-0.15, -0.1) is 0 Å². The van der Waals surface area contributed by atoms with Gasteiger partial charge in [-0.3, -0.25) is 14.2 Å². The highest BCUT2D eigenvalue weighted by atomic mass is 32.2. The number of thioether (sulfide) groups is 1. The zero-order valence-electron chi connectivity index (χ0n) is 19.8. The van der Waals surface area contributed by atoms with Gasteiger partial charge in [0.2, 0.25) is 11.9 Å². The largest absolute Gasteiger partial charge is 0.324 e. The summed E-state index contributed by atoms with van der Waals surface area (Å²) in [5.74, 6) is 1.29. The summed E-state index contributed by atoms with van der Waals surface area (Å²) in [5.41, 5.74) is 4.09. The molecule has 1 amide bonds. The molecule has 2 atom stereocenters. The van der Waals surface area contributed by atoms with Crippen molar-refractivity contribution in [3.8, 4) is 0 Å². The first-order chi connectivity index (χ1) is 17.5. The lowest BCUT2D eigenvalue weighted by molar-refractivity contribution is -0.119. The quantitative estimate of drug-likeness (QED) is 0.440. The van der Waals surface area contributed by atoms with Crippen molar-refractivity contribution in [2.45, 2.75) is 17.7 Å². The minimum absolute atomic E-state index is 0.224. The molecule has 4 heterocycles. The molecule has 1 saturated heterocycles. The SMILES string of the molecule is CN1CCSC(c2ccc(Nc3ncc4ccc(=O)n(C5Cc6ccccc6NC5=O)c4n3)cc2)C1. The highest BCUT2D eigenvalue weighted by molar-refractivity contribution is 7.99. The van der Waals surface area contributed by atoms with Crippen LogP contribution in [0.2, 0.25) is 0 Å². The third-order valence-electron chi connectivity index (χ3n) is 6.78. The van der Waals surface area contributed by atoms with Gasteiger partial charge in [-0.05, 0) is 42.4 Å². The lowest BCUT2D eigenvalue weighted by Crippen LogP contribution is -2.37. The van der Waals surface area contributed by atoms with E-state index in [9.17, 15) is 9.59 Å². The number of rotatable bonds is 4. The van der Waals surface area contributed by atoms with E-state index in [0.29, 0.717) is 28.7 Å². The van der Waals surface area contributed by atoms with Crippen LogP contribution in [0.3, 0.4) is 0 Å². The number of nitrogens with zero attached hydrogens (tertiary/aromatic N) is 4. The maximum atomic E-state index is 13.0. The predicted molar refractivity (Wildman–Crippen MR) is 144 cm³/mol. The first-order valence-electron chi connectivity index (χ1n) is 12.0. The van der Waals surface area contributed by atoms with Gasteiger partial charge >= 0.3 is 0 Å². The van der Waals surface area contributed by atoms with Gasteiger partial charge in [-0.1, -0.05) is 30.3 Å². The van der Waals surface area contributed by atoms with Crippen molar-refractivity contribution in [2.75, 3.05) is 36.5 Å². The second kappa shape index (κ2) is 9.40.